The van der Waals surface area contributed by atoms with E-state index in [1.807, 2.05) is 13.8 Å². The number of aromatic hydroxyl groups is 2. The molecule has 0 heterocycles. The van der Waals surface area contributed by atoms with Crippen LogP contribution in [0.1, 0.15) is 25.3 Å². The summed E-state index contributed by atoms with van der Waals surface area (Å²) in [5, 5.41) is 19.0. The highest BCUT2D eigenvalue weighted by molar-refractivity contribution is 7.83. The SMILES string of the molecule is CC(C)c1cc(S)c(S)c(O)c1O. The lowest BCUT2D eigenvalue weighted by molar-refractivity contribution is 0.386. The molecule has 0 aliphatic rings. The molecule has 1 aromatic rings. The van der Waals surface area contributed by atoms with Crippen molar-refractivity contribution < 1.29 is 10.2 Å². The van der Waals surface area contributed by atoms with Crippen LogP contribution >= 0.6 is 25.3 Å². The minimum atomic E-state index is -0.195. The smallest absolute Gasteiger partial charge is 0.172 e. The van der Waals surface area contributed by atoms with Gasteiger partial charge in [0, 0.05) is 10.5 Å². The topological polar surface area (TPSA) is 40.5 Å². The fourth-order valence-electron chi connectivity index (χ4n) is 1.09. The van der Waals surface area contributed by atoms with Crippen LogP contribution in [0.2, 0.25) is 0 Å². The highest BCUT2D eigenvalue weighted by Gasteiger charge is 2.14. The van der Waals surface area contributed by atoms with E-state index in [1.165, 1.54) is 0 Å². The van der Waals surface area contributed by atoms with Gasteiger partial charge in [0.25, 0.3) is 0 Å². The summed E-state index contributed by atoms with van der Waals surface area (Å²) in [6.45, 7) is 3.86. The quantitative estimate of drug-likeness (QED) is 0.431. The highest BCUT2D eigenvalue weighted by atomic mass is 32.1. The summed E-state index contributed by atoms with van der Waals surface area (Å²) in [5.41, 5.74) is 0.681. The molecular weight excluding hydrogens is 204 g/mol. The lowest BCUT2D eigenvalue weighted by Crippen LogP contribution is -1.90. The van der Waals surface area contributed by atoms with E-state index in [1.54, 1.807) is 6.07 Å². The van der Waals surface area contributed by atoms with E-state index < -0.39 is 0 Å². The van der Waals surface area contributed by atoms with Crippen LogP contribution in [-0.2, 0) is 0 Å². The average Bonchev–Trinajstić information content (AvgIpc) is 2.07. The molecule has 0 aromatic heterocycles. The maximum absolute atomic E-state index is 9.54. The van der Waals surface area contributed by atoms with Crippen LogP contribution in [0.5, 0.6) is 11.5 Å². The minimum Gasteiger partial charge on any atom is -0.504 e. The second-order valence-electron chi connectivity index (χ2n) is 3.19. The van der Waals surface area contributed by atoms with Gasteiger partial charge in [-0.15, -0.1) is 25.3 Å². The van der Waals surface area contributed by atoms with Gasteiger partial charge in [-0.25, -0.2) is 0 Å². The lowest BCUT2D eigenvalue weighted by atomic mass is 10.0. The Morgan fingerprint density at radius 2 is 1.69 bits per heavy atom. The molecule has 0 fully saturated rings. The summed E-state index contributed by atoms with van der Waals surface area (Å²) in [6, 6.07) is 1.71. The molecule has 72 valence electrons. The van der Waals surface area contributed by atoms with Crippen LogP contribution in [0.3, 0.4) is 0 Å². The molecule has 2 nitrogen and oxygen atoms in total. The second-order valence-corrected chi connectivity index (χ2v) is 4.11. The zero-order valence-electron chi connectivity index (χ0n) is 7.44. The number of hydrogen-bond acceptors (Lipinski definition) is 4. The molecule has 0 unspecified atom stereocenters. The maximum Gasteiger partial charge on any atom is 0.172 e. The summed E-state index contributed by atoms with van der Waals surface area (Å²) < 4.78 is 0. The predicted molar refractivity (Wildman–Crippen MR) is 58.4 cm³/mol. The Balaban J connectivity index is 3.41. The van der Waals surface area contributed by atoms with E-state index in [0.29, 0.717) is 15.4 Å². The maximum atomic E-state index is 9.54. The number of thiol groups is 2. The van der Waals surface area contributed by atoms with Gasteiger partial charge in [-0.3, -0.25) is 0 Å². The van der Waals surface area contributed by atoms with Gasteiger partial charge in [-0.2, -0.15) is 0 Å². The van der Waals surface area contributed by atoms with Crippen LogP contribution in [0.25, 0.3) is 0 Å². The third-order valence-electron chi connectivity index (χ3n) is 1.88. The highest BCUT2D eigenvalue weighted by Crippen LogP contribution is 2.41. The molecule has 2 N–H and O–H groups in total. The molecule has 0 aliphatic carbocycles. The Morgan fingerprint density at radius 3 is 2.15 bits per heavy atom. The van der Waals surface area contributed by atoms with E-state index in [9.17, 15) is 10.2 Å². The van der Waals surface area contributed by atoms with Crippen LogP contribution in [0, 0.1) is 0 Å². The Morgan fingerprint density at radius 1 is 1.15 bits per heavy atom. The molecule has 0 atom stereocenters. The van der Waals surface area contributed by atoms with E-state index >= 15 is 0 Å². The van der Waals surface area contributed by atoms with Crippen molar-refractivity contribution in [1.29, 1.82) is 0 Å². The van der Waals surface area contributed by atoms with Crippen LogP contribution in [-0.4, -0.2) is 10.2 Å². The largest absolute Gasteiger partial charge is 0.504 e. The van der Waals surface area contributed by atoms with Crippen molar-refractivity contribution in [3.8, 4) is 11.5 Å². The average molecular weight is 216 g/mol. The summed E-state index contributed by atoms with van der Waals surface area (Å²) in [4.78, 5) is 0.882. The van der Waals surface area contributed by atoms with Crippen molar-refractivity contribution in [3.63, 3.8) is 0 Å². The molecular formula is C9H12O2S2. The van der Waals surface area contributed by atoms with Crippen molar-refractivity contribution in [3.05, 3.63) is 11.6 Å². The molecule has 0 amide bonds. The van der Waals surface area contributed by atoms with Crippen LogP contribution in [0.15, 0.2) is 15.9 Å². The molecule has 0 bridgehead atoms. The summed E-state index contributed by atoms with van der Waals surface area (Å²) in [7, 11) is 0. The van der Waals surface area contributed by atoms with Crippen LogP contribution < -0.4 is 0 Å². The standard InChI is InChI=1S/C9H12O2S2/c1-4(2)5-3-6(12)9(13)8(11)7(5)10/h3-4,10-13H,1-2H3. The molecule has 0 aliphatic heterocycles. The first kappa shape index (κ1) is 10.6. The Kier molecular flexibility index (Phi) is 3.03. The van der Waals surface area contributed by atoms with Crippen LogP contribution in [0.4, 0.5) is 0 Å². The Bertz CT molecular complexity index is 335. The van der Waals surface area contributed by atoms with Gasteiger partial charge < -0.3 is 10.2 Å². The number of phenols is 2. The minimum absolute atomic E-state index is 0.0993. The van der Waals surface area contributed by atoms with Crippen molar-refractivity contribution in [2.75, 3.05) is 0 Å². The molecule has 0 radical (unpaired) electrons. The van der Waals surface area contributed by atoms with Crippen molar-refractivity contribution >= 4 is 25.3 Å². The first-order chi connectivity index (χ1) is 5.95. The van der Waals surface area contributed by atoms with E-state index in [4.69, 9.17) is 0 Å². The van der Waals surface area contributed by atoms with Gasteiger partial charge in [-0.1, -0.05) is 13.8 Å². The monoisotopic (exact) mass is 216 g/mol. The first-order valence-electron chi connectivity index (χ1n) is 3.92. The van der Waals surface area contributed by atoms with Gasteiger partial charge >= 0.3 is 0 Å². The van der Waals surface area contributed by atoms with E-state index in [0.717, 1.165) is 0 Å². The molecule has 1 aromatic carbocycles. The molecule has 0 saturated carbocycles. The first-order valence-corrected chi connectivity index (χ1v) is 4.81. The number of rotatable bonds is 1. The molecule has 0 spiro atoms. The zero-order valence-corrected chi connectivity index (χ0v) is 9.23. The van der Waals surface area contributed by atoms with E-state index in [-0.39, 0.29) is 17.4 Å². The number of phenolic OH excluding ortho intramolecular Hbond substituents is 2. The van der Waals surface area contributed by atoms with Gasteiger partial charge in [-0.05, 0) is 12.0 Å². The van der Waals surface area contributed by atoms with E-state index in [2.05, 4.69) is 25.3 Å². The molecule has 13 heavy (non-hydrogen) atoms. The summed E-state index contributed by atoms with van der Waals surface area (Å²) in [5.74, 6) is -0.150. The van der Waals surface area contributed by atoms with Gasteiger partial charge in [0.2, 0.25) is 0 Å². The Hall–Kier alpha value is -0.480. The summed E-state index contributed by atoms with van der Waals surface area (Å²) in [6.07, 6.45) is 0. The van der Waals surface area contributed by atoms with Gasteiger partial charge in [0.15, 0.2) is 11.5 Å². The van der Waals surface area contributed by atoms with Crippen molar-refractivity contribution in [1.82, 2.24) is 0 Å². The molecule has 1 rings (SSSR count). The zero-order chi connectivity index (χ0) is 10.2. The van der Waals surface area contributed by atoms with Crippen molar-refractivity contribution in [2.45, 2.75) is 29.6 Å². The summed E-state index contributed by atoms with van der Waals surface area (Å²) >= 11 is 8.14. The normalized spacial score (nSPS) is 10.8. The third kappa shape index (κ3) is 1.89. The fourth-order valence-corrected chi connectivity index (χ4v) is 1.51. The Labute approximate surface area is 88.4 Å². The third-order valence-corrected chi connectivity index (χ3v) is 2.86. The number of hydrogen-bond donors (Lipinski definition) is 4. The molecule has 4 heteroatoms. The predicted octanol–water partition coefficient (Wildman–Crippen LogP) is 2.80. The van der Waals surface area contributed by atoms with Crippen molar-refractivity contribution in [2.24, 2.45) is 0 Å². The lowest BCUT2D eigenvalue weighted by Gasteiger charge is -2.12. The van der Waals surface area contributed by atoms with Gasteiger partial charge in [0.1, 0.15) is 0 Å². The van der Waals surface area contributed by atoms with Gasteiger partial charge in [0.05, 0.1) is 4.90 Å². The second kappa shape index (κ2) is 3.72. The number of benzene rings is 1. The molecule has 0 saturated heterocycles. The fraction of sp³-hybridized carbons (Fsp3) is 0.333.